The van der Waals surface area contributed by atoms with E-state index in [0.717, 1.165) is 33.0 Å². The summed E-state index contributed by atoms with van der Waals surface area (Å²) >= 11 is 1.35. The average molecular weight is 796 g/mol. The maximum atomic E-state index is 13.0. The number of hydrogen-bond donors (Lipinski definition) is 1. The summed E-state index contributed by atoms with van der Waals surface area (Å²) in [5, 5.41) is 14.8. The van der Waals surface area contributed by atoms with Crippen molar-refractivity contribution in [1.29, 1.82) is 0 Å². The number of hydrogen-bond acceptors (Lipinski definition) is 6. The van der Waals surface area contributed by atoms with Crippen molar-refractivity contribution in [2.75, 3.05) is 71.1 Å². The summed E-state index contributed by atoms with van der Waals surface area (Å²) in [5.74, 6) is -0.707. The lowest BCUT2D eigenvalue weighted by Crippen LogP contribution is -3.00. The van der Waals surface area contributed by atoms with Crippen LogP contribution in [0.15, 0.2) is 95.7 Å². The van der Waals surface area contributed by atoms with Crippen molar-refractivity contribution in [2.45, 2.75) is 26.2 Å². The van der Waals surface area contributed by atoms with Gasteiger partial charge in [0.25, 0.3) is 0 Å². The lowest BCUT2D eigenvalue weighted by Gasteiger charge is -2.37. The summed E-state index contributed by atoms with van der Waals surface area (Å²) in [6.07, 6.45) is 6.71. The maximum Gasteiger partial charge on any atom is 0.345 e. The van der Waals surface area contributed by atoms with Gasteiger partial charge in [-0.15, -0.1) is 11.3 Å². The topological polar surface area (TPSA) is 67.1 Å². The van der Waals surface area contributed by atoms with Crippen LogP contribution in [0.25, 0.3) is 5.57 Å². The predicted molar refractivity (Wildman–Crippen MR) is 231 cm³/mol. The molecule has 0 amide bonds. The third kappa shape index (κ3) is 7.08. The van der Waals surface area contributed by atoms with Crippen LogP contribution in [0.3, 0.4) is 0 Å². The van der Waals surface area contributed by atoms with Crippen molar-refractivity contribution in [3.8, 4) is 0 Å². The third-order valence-electron chi connectivity index (χ3n) is 10.9. The van der Waals surface area contributed by atoms with Crippen LogP contribution in [0.2, 0.25) is 26.2 Å². The number of nitrogens with zero attached hydrogens (tertiary/aromatic N) is 4. The number of carbonyl (C=O) groups excluding carboxylic acids is 1. The number of thiophene rings is 1. The fourth-order valence-corrected chi connectivity index (χ4v) is 14.6. The highest BCUT2D eigenvalue weighted by molar-refractivity contribution is 7.15. The van der Waals surface area contributed by atoms with Crippen LogP contribution in [0.1, 0.15) is 36.0 Å². The lowest BCUT2D eigenvalue weighted by atomic mass is 9.93. The number of carbonyl (C=O) groups is 2. The molecule has 3 aromatic carbocycles. The Morgan fingerprint density at radius 3 is 1.56 bits per heavy atom. The molecule has 0 atom stereocenters. The molecule has 7 nitrogen and oxygen atoms in total. The van der Waals surface area contributed by atoms with Crippen molar-refractivity contribution in [3.05, 3.63) is 122 Å². The third-order valence-corrected chi connectivity index (χ3v) is 19.0. The van der Waals surface area contributed by atoms with Crippen LogP contribution in [-0.2, 0) is 0 Å². The SMILES string of the molecule is CN(C)c1ccc2c(c1)[Si](C)(C)C1=CC(=[N+](C)C)C=CC1=C2c1ccc(C(=O)O)s1.CN(C)c1ccc2c(c1)[Si](C)(C)c1cc(N(C)C)ccc1C2=O.[Cl-]. The molecule has 0 saturated carbocycles. The summed E-state index contributed by atoms with van der Waals surface area (Å²) in [7, 11) is 12.6. The molecule has 0 unspecified atom stereocenters. The maximum absolute atomic E-state index is 13.0. The molecular weight excluding hydrogens is 744 g/mol. The second kappa shape index (κ2) is 15.0. The Hall–Kier alpha value is -4.49. The Morgan fingerprint density at radius 2 is 1.13 bits per heavy atom. The molecule has 1 aliphatic carbocycles. The van der Waals surface area contributed by atoms with Gasteiger partial charge >= 0.3 is 5.97 Å². The Balaban J connectivity index is 0.000000211. The molecule has 0 fully saturated rings. The zero-order chi connectivity index (χ0) is 38.7. The number of rotatable bonds is 5. The van der Waals surface area contributed by atoms with E-state index in [-0.39, 0.29) is 18.2 Å². The number of allylic oxidation sites excluding steroid dienone is 5. The number of carboxylic acids is 1. The van der Waals surface area contributed by atoms with Gasteiger partial charge in [-0.05, 0) is 98.6 Å². The van der Waals surface area contributed by atoms with E-state index in [9.17, 15) is 14.7 Å². The standard InChI is InChI=1S/C24H26N2O2SSi.C19H24N2OSi.ClH/c1-25(2)15-7-9-17-21(13-15)30(5,6)22-14-16(26(3)4)8-10-18(22)23(17)19-11-12-20(29-19)24(27)28;1-20(2)13-7-9-15-17(11-13)23(5,6)18-12-14(21(3)4)8-10-16(18)19(15)22;/h7-14H,1-6H3;7-12H,1-6H3;1H. The van der Waals surface area contributed by atoms with Gasteiger partial charge in [-0.2, -0.15) is 0 Å². The number of aromatic carboxylic acids is 1. The van der Waals surface area contributed by atoms with E-state index in [1.807, 2.05) is 58.5 Å². The van der Waals surface area contributed by atoms with Crippen molar-refractivity contribution >= 4 is 83.1 Å². The number of benzene rings is 3. The second-order valence-corrected chi connectivity index (χ2v) is 25.7. The minimum atomic E-state index is -1.96. The van der Waals surface area contributed by atoms with Crippen LogP contribution < -0.4 is 42.7 Å². The van der Waals surface area contributed by atoms with Gasteiger partial charge in [0.05, 0.1) is 0 Å². The first kappa shape index (κ1) is 40.7. The van der Waals surface area contributed by atoms with E-state index in [4.69, 9.17) is 0 Å². The number of fused-ring (bicyclic) bond motifs is 4. The van der Waals surface area contributed by atoms with E-state index in [0.29, 0.717) is 4.88 Å². The van der Waals surface area contributed by atoms with Crippen molar-refractivity contribution < 1.29 is 31.7 Å². The van der Waals surface area contributed by atoms with Crippen LogP contribution in [-0.4, -0.2) is 99.7 Å². The Labute approximate surface area is 332 Å². The number of anilines is 3. The first-order valence-corrected chi connectivity index (χ1v) is 24.7. The van der Waals surface area contributed by atoms with E-state index >= 15 is 0 Å². The molecule has 1 aromatic heterocycles. The van der Waals surface area contributed by atoms with Gasteiger partial charge in [-0.1, -0.05) is 32.3 Å². The second-order valence-electron chi connectivity index (χ2n) is 15.9. The molecule has 0 spiro atoms. The number of carboxylic acid groups (broad SMARTS) is 1. The Morgan fingerprint density at radius 1 is 0.667 bits per heavy atom. The minimum Gasteiger partial charge on any atom is -1.00 e. The smallest absolute Gasteiger partial charge is 0.345 e. The van der Waals surface area contributed by atoms with Crippen molar-refractivity contribution in [2.24, 2.45) is 0 Å². The Kier molecular flexibility index (Phi) is 11.3. The van der Waals surface area contributed by atoms with Gasteiger partial charge in [0.2, 0.25) is 0 Å². The van der Waals surface area contributed by atoms with E-state index in [1.165, 1.54) is 54.6 Å². The molecule has 2 aliphatic heterocycles. The zero-order valence-corrected chi connectivity index (χ0v) is 37.0. The zero-order valence-electron chi connectivity index (χ0n) is 33.4. The molecule has 1 N–H and O–H groups in total. The molecule has 282 valence electrons. The average Bonchev–Trinajstić information content (AvgIpc) is 3.61. The largest absolute Gasteiger partial charge is 1.00 e. The van der Waals surface area contributed by atoms with Gasteiger partial charge in [-0.25, -0.2) is 9.37 Å². The summed E-state index contributed by atoms with van der Waals surface area (Å²) in [6.45, 7) is 9.51. The quantitative estimate of drug-likeness (QED) is 0.248. The summed E-state index contributed by atoms with van der Waals surface area (Å²) < 4.78 is 2.14. The molecule has 11 heteroatoms. The van der Waals surface area contributed by atoms with E-state index in [2.05, 4.69) is 122 Å². The van der Waals surface area contributed by atoms with Crippen LogP contribution >= 0.6 is 11.3 Å². The number of halogens is 1. The minimum absolute atomic E-state index is 0. The summed E-state index contributed by atoms with van der Waals surface area (Å²) in [6, 6.07) is 22.9. The van der Waals surface area contributed by atoms with Crippen molar-refractivity contribution in [1.82, 2.24) is 0 Å². The van der Waals surface area contributed by atoms with Crippen LogP contribution in [0.5, 0.6) is 0 Å². The van der Waals surface area contributed by atoms with Gasteiger partial charge in [0, 0.05) is 93.1 Å². The summed E-state index contributed by atoms with van der Waals surface area (Å²) in [5.41, 5.74) is 10.1. The molecule has 4 aromatic rings. The lowest BCUT2D eigenvalue weighted by molar-refractivity contribution is -0.462. The molecule has 54 heavy (non-hydrogen) atoms. The van der Waals surface area contributed by atoms with E-state index in [1.54, 1.807) is 6.07 Å². The first-order valence-electron chi connectivity index (χ1n) is 17.9. The first-order chi connectivity index (χ1) is 24.8. The molecule has 3 heterocycles. The predicted octanol–water partition coefficient (Wildman–Crippen LogP) is 3.18. The molecule has 7 rings (SSSR count). The van der Waals surface area contributed by atoms with Crippen molar-refractivity contribution in [3.63, 3.8) is 0 Å². The monoisotopic (exact) mass is 794 g/mol. The van der Waals surface area contributed by atoms with Gasteiger partial charge < -0.3 is 32.2 Å². The van der Waals surface area contributed by atoms with Gasteiger partial charge in [0.15, 0.2) is 11.5 Å². The molecule has 3 aliphatic rings. The van der Waals surface area contributed by atoms with E-state index < -0.39 is 22.1 Å². The van der Waals surface area contributed by atoms with Crippen LogP contribution in [0, 0.1) is 0 Å². The van der Waals surface area contributed by atoms with Crippen LogP contribution in [0.4, 0.5) is 17.1 Å². The Bertz CT molecular complexity index is 2250. The highest BCUT2D eigenvalue weighted by atomic mass is 35.5. The normalized spacial score (nSPS) is 15.7. The summed E-state index contributed by atoms with van der Waals surface area (Å²) in [4.78, 5) is 32.2. The fraction of sp³-hybridized carbons (Fsp3) is 0.279. The molecule has 0 bridgehead atoms. The molecule has 0 saturated heterocycles. The number of ketones is 1. The molecular formula is C43H51ClN4O3SSi2. The fourth-order valence-electron chi connectivity index (χ4n) is 7.58. The van der Waals surface area contributed by atoms with Gasteiger partial charge in [-0.3, -0.25) is 4.79 Å². The van der Waals surface area contributed by atoms with Gasteiger partial charge in [0.1, 0.15) is 35.1 Å². The highest BCUT2D eigenvalue weighted by Crippen LogP contribution is 2.43. The highest BCUT2D eigenvalue weighted by Gasteiger charge is 2.41. The molecule has 0 radical (unpaired) electrons.